The van der Waals surface area contributed by atoms with Crippen LogP contribution in [0.5, 0.6) is 5.75 Å². The largest absolute Gasteiger partial charge is 0.480 e. The van der Waals surface area contributed by atoms with E-state index in [2.05, 4.69) is 5.32 Å². The summed E-state index contributed by atoms with van der Waals surface area (Å²) in [4.78, 5) is 27.8. The van der Waals surface area contributed by atoms with E-state index in [1.165, 1.54) is 12.1 Å². The van der Waals surface area contributed by atoms with Gasteiger partial charge in [-0.05, 0) is 60.4 Å². The summed E-state index contributed by atoms with van der Waals surface area (Å²) in [5.41, 5.74) is 3.00. The van der Waals surface area contributed by atoms with Crippen LogP contribution in [-0.4, -0.2) is 29.4 Å². The van der Waals surface area contributed by atoms with Crippen molar-refractivity contribution in [3.05, 3.63) is 95.3 Å². The lowest BCUT2D eigenvalue weighted by atomic mass is 10.0. The normalized spacial score (nSPS) is 19.3. The molecule has 0 radical (unpaired) electrons. The number of ether oxygens (including phenoxy) is 1. The van der Waals surface area contributed by atoms with E-state index in [0.29, 0.717) is 24.2 Å². The molecule has 2 amide bonds. The first-order valence-corrected chi connectivity index (χ1v) is 10.8. The number of hydrogen-bond donors (Lipinski definition) is 1. The number of fused-ring (bicyclic) bond motifs is 1. The number of halogens is 1. The molecule has 162 valence electrons. The fraction of sp³-hybridized carbons (Fsp3) is 0.231. The number of nitrogens with zero attached hydrogens (tertiary/aromatic N) is 1. The summed E-state index contributed by atoms with van der Waals surface area (Å²) in [6.07, 6.45) is 1.67. The smallest absolute Gasteiger partial charge is 0.265 e. The third-order valence-corrected chi connectivity index (χ3v) is 6.09. The Morgan fingerprint density at radius 2 is 1.81 bits per heavy atom. The quantitative estimate of drug-likeness (QED) is 0.650. The van der Waals surface area contributed by atoms with Gasteiger partial charge in [0.05, 0.1) is 6.04 Å². The highest BCUT2D eigenvalue weighted by atomic mass is 19.1. The van der Waals surface area contributed by atoms with Gasteiger partial charge in [0.15, 0.2) is 6.10 Å². The number of carbonyl (C=O) groups is 2. The second-order valence-electron chi connectivity index (χ2n) is 8.20. The number of anilines is 1. The van der Waals surface area contributed by atoms with E-state index in [0.717, 1.165) is 29.7 Å². The third kappa shape index (κ3) is 3.96. The van der Waals surface area contributed by atoms with E-state index < -0.39 is 6.10 Å². The Morgan fingerprint density at radius 1 is 1.00 bits per heavy atom. The van der Waals surface area contributed by atoms with Crippen molar-refractivity contribution in [3.8, 4) is 5.75 Å². The van der Waals surface area contributed by atoms with Crippen LogP contribution in [0.1, 0.15) is 40.4 Å². The van der Waals surface area contributed by atoms with Crippen molar-refractivity contribution < 1.29 is 18.7 Å². The van der Waals surface area contributed by atoms with Crippen LogP contribution >= 0.6 is 0 Å². The molecule has 0 saturated carbocycles. The van der Waals surface area contributed by atoms with Crippen LogP contribution in [0.2, 0.25) is 0 Å². The molecule has 5 rings (SSSR count). The lowest BCUT2D eigenvalue weighted by Gasteiger charge is -2.25. The number of rotatable bonds is 4. The minimum absolute atomic E-state index is 0.0771. The van der Waals surface area contributed by atoms with Gasteiger partial charge in [0, 0.05) is 24.2 Å². The van der Waals surface area contributed by atoms with Crippen LogP contribution in [0.25, 0.3) is 0 Å². The lowest BCUT2D eigenvalue weighted by Crippen LogP contribution is -2.32. The highest BCUT2D eigenvalue weighted by Gasteiger charge is 2.31. The fourth-order valence-corrected chi connectivity index (χ4v) is 4.49. The molecule has 1 N–H and O–H groups in total. The molecule has 6 heteroatoms. The summed E-state index contributed by atoms with van der Waals surface area (Å²) < 4.78 is 19.1. The Kier molecular flexibility index (Phi) is 5.35. The molecule has 2 aliphatic rings. The molecule has 1 saturated heterocycles. The molecule has 0 bridgehead atoms. The Hall–Kier alpha value is -3.67. The van der Waals surface area contributed by atoms with E-state index in [9.17, 15) is 14.0 Å². The summed E-state index contributed by atoms with van der Waals surface area (Å²) in [6, 6.07) is 20.8. The molecule has 3 aromatic carbocycles. The zero-order valence-corrected chi connectivity index (χ0v) is 17.5. The SMILES string of the molecule is O=C(Nc1cccc(C(=O)N2CCCC2c2ccc(F)cc2)c1)C1Cc2ccccc2O1. The van der Waals surface area contributed by atoms with Gasteiger partial charge in [-0.3, -0.25) is 9.59 Å². The number of carbonyl (C=O) groups excluding carboxylic acids is 2. The zero-order valence-electron chi connectivity index (χ0n) is 17.5. The maximum atomic E-state index is 13.3. The molecule has 3 aromatic rings. The van der Waals surface area contributed by atoms with Crippen molar-refractivity contribution in [2.75, 3.05) is 11.9 Å². The molecule has 2 aliphatic heterocycles. The third-order valence-electron chi connectivity index (χ3n) is 6.09. The number of likely N-dealkylation sites (tertiary alicyclic amines) is 1. The van der Waals surface area contributed by atoms with Crippen molar-refractivity contribution in [2.45, 2.75) is 31.4 Å². The number of para-hydroxylation sites is 1. The zero-order chi connectivity index (χ0) is 22.1. The van der Waals surface area contributed by atoms with Crippen LogP contribution in [0.3, 0.4) is 0 Å². The number of hydrogen-bond acceptors (Lipinski definition) is 3. The van der Waals surface area contributed by atoms with Gasteiger partial charge >= 0.3 is 0 Å². The first-order valence-electron chi connectivity index (χ1n) is 10.8. The number of benzene rings is 3. The van der Waals surface area contributed by atoms with Crippen molar-refractivity contribution in [3.63, 3.8) is 0 Å². The number of nitrogens with one attached hydrogen (secondary N) is 1. The van der Waals surface area contributed by atoms with Gasteiger partial charge in [-0.1, -0.05) is 36.4 Å². The predicted molar refractivity (Wildman–Crippen MR) is 119 cm³/mol. The van der Waals surface area contributed by atoms with Crippen LogP contribution < -0.4 is 10.1 Å². The van der Waals surface area contributed by atoms with Crippen molar-refractivity contribution in [1.29, 1.82) is 0 Å². The summed E-state index contributed by atoms with van der Waals surface area (Å²) >= 11 is 0. The topological polar surface area (TPSA) is 58.6 Å². The summed E-state index contributed by atoms with van der Waals surface area (Å²) in [6.45, 7) is 0.644. The summed E-state index contributed by atoms with van der Waals surface area (Å²) in [5.74, 6) is 0.105. The monoisotopic (exact) mass is 430 g/mol. The number of amides is 2. The molecule has 2 atom stereocenters. The Labute approximate surface area is 185 Å². The first kappa shape index (κ1) is 20.2. The molecule has 1 fully saturated rings. The predicted octanol–water partition coefficient (Wildman–Crippen LogP) is 4.75. The van der Waals surface area contributed by atoms with Gasteiger partial charge in [0.25, 0.3) is 11.8 Å². The van der Waals surface area contributed by atoms with E-state index in [1.807, 2.05) is 29.2 Å². The molecule has 2 heterocycles. The van der Waals surface area contributed by atoms with E-state index >= 15 is 0 Å². The van der Waals surface area contributed by atoms with E-state index in [1.54, 1.807) is 36.4 Å². The molecular weight excluding hydrogens is 407 g/mol. The molecule has 0 aliphatic carbocycles. The molecular formula is C26H23FN2O3. The van der Waals surface area contributed by atoms with Gasteiger partial charge in [0.2, 0.25) is 0 Å². The van der Waals surface area contributed by atoms with Crippen LogP contribution in [0.4, 0.5) is 10.1 Å². The minimum atomic E-state index is -0.590. The summed E-state index contributed by atoms with van der Waals surface area (Å²) in [5, 5.41) is 2.88. The second kappa shape index (κ2) is 8.46. The van der Waals surface area contributed by atoms with Crippen molar-refractivity contribution in [2.24, 2.45) is 0 Å². The second-order valence-corrected chi connectivity index (χ2v) is 8.20. The Morgan fingerprint density at radius 3 is 2.62 bits per heavy atom. The average Bonchev–Trinajstić information content (AvgIpc) is 3.47. The maximum absolute atomic E-state index is 13.3. The van der Waals surface area contributed by atoms with Crippen molar-refractivity contribution >= 4 is 17.5 Å². The Bertz CT molecular complexity index is 1140. The molecule has 0 spiro atoms. The molecule has 0 aromatic heterocycles. The Balaban J connectivity index is 1.29. The van der Waals surface area contributed by atoms with Crippen molar-refractivity contribution in [1.82, 2.24) is 4.90 Å². The maximum Gasteiger partial charge on any atom is 0.265 e. The minimum Gasteiger partial charge on any atom is -0.480 e. The lowest BCUT2D eigenvalue weighted by molar-refractivity contribution is -0.122. The average molecular weight is 430 g/mol. The fourth-order valence-electron chi connectivity index (χ4n) is 4.49. The highest BCUT2D eigenvalue weighted by molar-refractivity contribution is 5.99. The van der Waals surface area contributed by atoms with Gasteiger partial charge in [-0.2, -0.15) is 0 Å². The van der Waals surface area contributed by atoms with Crippen LogP contribution in [0.15, 0.2) is 72.8 Å². The summed E-state index contributed by atoms with van der Waals surface area (Å²) in [7, 11) is 0. The van der Waals surface area contributed by atoms with E-state index in [4.69, 9.17) is 4.74 Å². The van der Waals surface area contributed by atoms with Gasteiger partial charge in [0.1, 0.15) is 11.6 Å². The van der Waals surface area contributed by atoms with E-state index in [-0.39, 0.29) is 23.7 Å². The molecule has 2 unspecified atom stereocenters. The first-order chi connectivity index (χ1) is 15.6. The molecule has 32 heavy (non-hydrogen) atoms. The molecule has 5 nitrogen and oxygen atoms in total. The van der Waals surface area contributed by atoms with Gasteiger partial charge in [-0.15, -0.1) is 0 Å². The van der Waals surface area contributed by atoms with Crippen LogP contribution in [0, 0.1) is 5.82 Å². The van der Waals surface area contributed by atoms with Gasteiger partial charge < -0.3 is 15.0 Å². The van der Waals surface area contributed by atoms with Crippen LogP contribution in [-0.2, 0) is 11.2 Å². The van der Waals surface area contributed by atoms with Gasteiger partial charge in [-0.25, -0.2) is 4.39 Å². The standard InChI is InChI=1S/C26H23FN2O3/c27-20-12-10-17(11-13-20)22-8-4-14-29(22)26(31)19-6-3-7-21(15-19)28-25(30)24-16-18-5-1-2-9-23(18)32-24/h1-3,5-7,9-13,15,22,24H,4,8,14,16H2,(H,28,30). The highest BCUT2D eigenvalue weighted by Crippen LogP contribution is 2.33.